The van der Waals surface area contributed by atoms with E-state index >= 15 is 0 Å². The van der Waals surface area contributed by atoms with Gasteiger partial charge >= 0.3 is 0 Å². The van der Waals surface area contributed by atoms with Gasteiger partial charge in [0, 0.05) is 11.6 Å². The summed E-state index contributed by atoms with van der Waals surface area (Å²) in [5.74, 6) is 1.93. The van der Waals surface area contributed by atoms with E-state index in [1.807, 2.05) is 0 Å². The third-order valence-electron chi connectivity index (χ3n) is 6.23. The molecule has 28 heavy (non-hydrogen) atoms. The maximum Gasteiger partial charge on any atom is 0.228 e. The predicted molar refractivity (Wildman–Crippen MR) is 115 cm³/mol. The lowest BCUT2D eigenvalue weighted by Gasteiger charge is -2.24. The van der Waals surface area contributed by atoms with Gasteiger partial charge in [0.05, 0.1) is 10.9 Å². The van der Waals surface area contributed by atoms with Crippen LogP contribution in [0.3, 0.4) is 0 Å². The Kier molecular flexibility index (Phi) is 2.98. The van der Waals surface area contributed by atoms with E-state index < -0.39 is 0 Å². The highest BCUT2D eigenvalue weighted by Crippen LogP contribution is 2.50. The number of pyridine rings is 1. The number of hydrogen-bond donors (Lipinski definition) is 0. The molecule has 0 N–H and O–H groups in total. The Morgan fingerprint density at radius 2 is 1.54 bits per heavy atom. The molecular weight excluding hydrogens is 342 g/mol. The lowest BCUT2D eigenvalue weighted by Crippen LogP contribution is -2.31. The van der Waals surface area contributed by atoms with Crippen molar-refractivity contribution in [3.63, 3.8) is 0 Å². The third kappa shape index (κ3) is 1.85. The molecule has 1 aliphatic rings. The molecule has 0 spiro atoms. The molecule has 0 radical (unpaired) electrons. The molecule has 1 aliphatic heterocycles. The minimum atomic E-state index is 0.943. The lowest BCUT2D eigenvalue weighted by atomic mass is 9.87. The van der Waals surface area contributed by atoms with Crippen LogP contribution in [0.5, 0.6) is 11.5 Å². The summed E-state index contributed by atoms with van der Waals surface area (Å²) in [5.41, 5.74) is 4.94. The second kappa shape index (κ2) is 5.32. The van der Waals surface area contributed by atoms with Gasteiger partial charge < -0.3 is 4.74 Å². The zero-order valence-electron chi connectivity index (χ0n) is 16.2. The normalized spacial score (nSPS) is 12.4. The Labute approximate surface area is 163 Å². The van der Waals surface area contributed by atoms with Gasteiger partial charge in [0.25, 0.3) is 0 Å². The van der Waals surface area contributed by atoms with E-state index in [4.69, 9.17) is 4.74 Å². The van der Waals surface area contributed by atoms with Gasteiger partial charge in [-0.3, -0.25) is 0 Å². The van der Waals surface area contributed by atoms with E-state index in [0.29, 0.717) is 0 Å². The average Bonchev–Trinajstić information content (AvgIpc) is 2.73. The van der Waals surface area contributed by atoms with Crippen molar-refractivity contribution in [2.45, 2.75) is 13.8 Å². The highest BCUT2D eigenvalue weighted by molar-refractivity contribution is 6.15. The van der Waals surface area contributed by atoms with Crippen molar-refractivity contribution in [2.75, 3.05) is 0 Å². The van der Waals surface area contributed by atoms with Gasteiger partial charge in [-0.1, -0.05) is 48.5 Å². The van der Waals surface area contributed by atoms with Crippen molar-refractivity contribution < 1.29 is 9.30 Å². The fourth-order valence-corrected chi connectivity index (χ4v) is 4.89. The Bertz CT molecular complexity index is 1460. The van der Waals surface area contributed by atoms with Crippen LogP contribution < -0.4 is 9.30 Å². The summed E-state index contributed by atoms with van der Waals surface area (Å²) in [6, 6.07) is 21.6. The van der Waals surface area contributed by atoms with Gasteiger partial charge in [0.1, 0.15) is 18.5 Å². The Morgan fingerprint density at radius 1 is 0.714 bits per heavy atom. The molecule has 0 saturated carbocycles. The number of ether oxygens (including phenoxy) is 1. The maximum atomic E-state index is 6.52. The summed E-state index contributed by atoms with van der Waals surface area (Å²) in [5, 5.41) is 7.58. The maximum absolute atomic E-state index is 6.52. The first-order valence-corrected chi connectivity index (χ1v) is 9.69. The molecule has 0 aliphatic carbocycles. The van der Waals surface area contributed by atoms with E-state index in [1.54, 1.807) is 0 Å². The number of nitrogens with zero attached hydrogens (tertiary/aromatic N) is 1. The zero-order valence-corrected chi connectivity index (χ0v) is 16.2. The van der Waals surface area contributed by atoms with Crippen molar-refractivity contribution in [3.8, 4) is 22.8 Å². The minimum Gasteiger partial charge on any atom is -0.455 e. The second-order valence-electron chi connectivity index (χ2n) is 7.76. The minimum absolute atomic E-state index is 0.943. The molecule has 2 heteroatoms. The number of benzene rings is 4. The van der Waals surface area contributed by atoms with E-state index in [1.165, 1.54) is 54.7 Å². The van der Waals surface area contributed by atoms with Crippen molar-refractivity contribution >= 4 is 32.3 Å². The molecule has 4 aromatic carbocycles. The van der Waals surface area contributed by atoms with Gasteiger partial charge in [0.15, 0.2) is 6.20 Å². The van der Waals surface area contributed by atoms with Crippen molar-refractivity contribution in [3.05, 3.63) is 78.0 Å². The summed E-state index contributed by atoms with van der Waals surface area (Å²) in [6.45, 7) is 4.42. The van der Waals surface area contributed by atoms with Gasteiger partial charge in [-0.2, -0.15) is 0 Å². The fourth-order valence-electron chi connectivity index (χ4n) is 4.89. The number of hydrogen-bond acceptors (Lipinski definition) is 1. The zero-order chi connectivity index (χ0) is 19.0. The molecule has 0 atom stereocenters. The van der Waals surface area contributed by atoms with Gasteiger partial charge in [-0.05, 0) is 52.4 Å². The van der Waals surface area contributed by atoms with Crippen LogP contribution in [0.25, 0.3) is 43.6 Å². The first-order chi connectivity index (χ1) is 13.6. The molecule has 5 aromatic rings. The van der Waals surface area contributed by atoms with Crippen LogP contribution in [-0.4, -0.2) is 0 Å². The summed E-state index contributed by atoms with van der Waals surface area (Å²) < 4.78 is 8.76. The Balaban J connectivity index is 1.89. The molecule has 2 heterocycles. The van der Waals surface area contributed by atoms with Crippen molar-refractivity contribution in [2.24, 2.45) is 7.05 Å². The van der Waals surface area contributed by atoms with Crippen LogP contribution >= 0.6 is 0 Å². The molecule has 1 aromatic heterocycles. The molecule has 2 nitrogen and oxygen atoms in total. The molecule has 0 fully saturated rings. The highest BCUT2D eigenvalue weighted by atomic mass is 16.5. The molecular formula is C26H20NO+. The molecule has 0 bridgehead atoms. The number of aryl methyl sites for hydroxylation is 3. The lowest BCUT2D eigenvalue weighted by molar-refractivity contribution is -0.659. The molecule has 0 amide bonds. The van der Waals surface area contributed by atoms with Gasteiger partial charge in [-0.15, -0.1) is 0 Å². The summed E-state index contributed by atoms with van der Waals surface area (Å²) in [4.78, 5) is 0. The Morgan fingerprint density at radius 3 is 2.43 bits per heavy atom. The van der Waals surface area contributed by atoms with Crippen molar-refractivity contribution in [1.82, 2.24) is 0 Å². The average molecular weight is 362 g/mol. The van der Waals surface area contributed by atoms with Gasteiger partial charge in [-0.25, -0.2) is 4.57 Å². The van der Waals surface area contributed by atoms with Crippen LogP contribution in [0.2, 0.25) is 0 Å². The van der Waals surface area contributed by atoms with Gasteiger partial charge in [0.2, 0.25) is 5.69 Å². The number of rotatable bonds is 0. The third-order valence-corrected chi connectivity index (χ3v) is 6.23. The van der Waals surface area contributed by atoms with E-state index in [-0.39, 0.29) is 0 Å². The summed E-state index contributed by atoms with van der Waals surface area (Å²) in [6.07, 6.45) is 2.15. The molecule has 6 rings (SSSR count). The molecule has 134 valence electrons. The quantitative estimate of drug-likeness (QED) is 0.226. The summed E-state index contributed by atoms with van der Waals surface area (Å²) in [7, 11) is 2.13. The molecule has 0 saturated heterocycles. The number of aromatic nitrogens is 1. The monoisotopic (exact) mass is 362 g/mol. The van der Waals surface area contributed by atoms with Crippen LogP contribution in [0, 0.1) is 13.8 Å². The van der Waals surface area contributed by atoms with Crippen LogP contribution in [0.4, 0.5) is 0 Å². The fraction of sp³-hybridized carbons (Fsp3) is 0.115. The first kappa shape index (κ1) is 15.6. The van der Waals surface area contributed by atoms with E-state index in [0.717, 1.165) is 11.5 Å². The van der Waals surface area contributed by atoms with E-state index in [9.17, 15) is 0 Å². The van der Waals surface area contributed by atoms with Crippen LogP contribution in [0.1, 0.15) is 11.1 Å². The van der Waals surface area contributed by atoms with Crippen LogP contribution in [-0.2, 0) is 7.05 Å². The summed E-state index contributed by atoms with van der Waals surface area (Å²) >= 11 is 0. The SMILES string of the molecule is Cc1c2c(c(C)c3c1ccc1ccccc13)-c1c3c(cccc3cc[n+]1C)O2. The first-order valence-electron chi connectivity index (χ1n) is 9.69. The topological polar surface area (TPSA) is 13.1 Å². The van der Waals surface area contributed by atoms with Crippen LogP contribution in [0.15, 0.2) is 66.9 Å². The second-order valence-corrected chi connectivity index (χ2v) is 7.76. The largest absolute Gasteiger partial charge is 0.455 e. The Hall–Kier alpha value is -3.39. The standard InChI is InChI=1S/C26H20NO/c1-15-19-12-11-17-7-4-5-9-20(17)22(19)16(2)23-25-24-18(13-14-27(25)3)8-6-10-21(24)28-26(15)23/h4-14H,1-3H3/q+1. The predicted octanol–water partition coefficient (Wildman–Crippen LogP) is 6.36. The van der Waals surface area contributed by atoms with E-state index in [2.05, 4.69) is 92.3 Å². The molecule has 0 unspecified atom stereocenters. The smallest absolute Gasteiger partial charge is 0.228 e. The highest BCUT2D eigenvalue weighted by Gasteiger charge is 2.31. The number of fused-ring (bicyclic) bond motifs is 5. The van der Waals surface area contributed by atoms with Crippen molar-refractivity contribution in [1.29, 1.82) is 0 Å².